The number of unbranched alkanes of at least 4 members (excludes halogenated alkanes) is 1. The molecule has 1 aliphatic heterocycles. The third-order valence-electron chi connectivity index (χ3n) is 15.7. The number of carbonyl (C=O) groups is 3. The first-order valence-electron chi connectivity index (χ1n) is 27.7. The lowest BCUT2D eigenvalue weighted by molar-refractivity contribution is -0.144. The molecule has 1 saturated heterocycles. The highest BCUT2D eigenvalue weighted by molar-refractivity contribution is 5.93. The molecule has 1 aromatic heterocycles. The second kappa shape index (κ2) is 25.1. The van der Waals surface area contributed by atoms with Gasteiger partial charge in [0.05, 0.1) is 6.61 Å². The predicted octanol–water partition coefficient (Wildman–Crippen LogP) is 12.7. The van der Waals surface area contributed by atoms with E-state index in [-0.39, 0.29) is 36.2 Å². The van der Waals surface area contributed by atoms with Crippen molar-refractivity contribution in [3.05, 3.63) is 177 Å². The van der Waals surface area contributed by atoms with Crippen LogP contribution >= 0.6 is 0 Å². The van der Waals surface area contributed by atoms with Gasteiger partial charge in [0.1, 0.15) is 24.4 Å². The smallest absolute Gasteiger partial charge is 0.246 e. The minimum absolute atomic E-state index is 0.146. The van der Waals surface area contributed by atoms with Crippen molar-refractivity contribution in [3.63, 3.8) is 0 Å². The maximum absolute atomic E-state index is 14.1. The van der Waals surface area contributed by atoms with Crippen LogP contribution in [-0.4, -0.2) is 79.3 Å². The van der Waals surface area contributed by atoms with E-state index in [0.29, 0.717) is 51.9 Å². The Morgan fingerprint density at radius 1 is 0.816 bits per heavy atom. The number of nitrogens with one attached hydrogen (secondary N) is 3. The van der Waals surface area contributed by atoms with Crippen LogP contribution in [0, 0.1) is 37.0 Å². The molecular weight excluding hydrogens is 945 g/mol. The molecule has 3 amide bonds. The molecule has 2 heterocycles. The van der Waals surface area contributed by atoms with Crippen molar-refractivity contribution in [2.75, 3.05) is 39.6 Å². The number of hydrogen-bond acceptors (Lipinski definition) is 6. The number of likely N-dealkylation sites (tertiary alicyclic amines) is 1. The van der Waals surface area contributed by atoms with Crippen molar-refractivity contribution in [2.24, 2.45) is 23.2 Å². The summed E-state index contributed by atoms with van der Waals surface area (Å²) in [6.07, 6.45) is 14.8. The second-order valence-corrected chi connectivity index (χ2v) is 23.1. The third-order valence-corrected chi connectivity index (χ3v) is 15.7. The van der Waals surface area contributed by atoms with E-state index >= 15 is 0 Å². The van der Waals surface area contributed by atoms with Crippen LogP contribution < -0.4 is 15.4 Å². The van der Waals surface area contributed by atoms with E-state index in [2.05, 4.69) is 124 Å². The van der Waals surface area contributed by atoms with E-state index in [0.717, 1.165) is 61.1 Å². The Labute approximate surface area is 452 Å². The van der Waals surface area contributed by atoms with Gasteiger partial charge in [0.15, 0.2) is 0 Å². The Hall–Kier alpha value is -6.49. The number of rotatable bonds is 23. The first-order valence-corrected chi connectivity index (χ1v) is 27.7. The van der Waals surface area contributed by atoms with E-state index < -0.39 is 17.5 Å². The van der Waals surface area contributed by atoms with E-state index in [9.17, 15) is 14.4 Å². The quantitative estimate of drug-likeness (QED) is 0.0502. The van der Waals surface area contributed by atoms with Crippen molar-refractivity contribution in [2.45, 2.75) is 126 Å². The van der Waals surface area contributed by atoms with Gasteiger partial charge in [0, 0.05) is 63.1 Å². The normalized spacial score (nSPS) is 19.6. The Morgan fingerprint density at radius 2 is 1.50 bits per heavy atom. The Kier molecular flexibility index (Phi) is 18.4. The molecule has 4 aliphatic rings. The summed E-state index contributed by atoms with van der Waals surface area (Å²) < 4.78 is 17.7. The summed E-state index contributed by atoms with van der Waals surface area (Å²) in [7, 11) is 0. The Morgan fingerprint density at radius 3 is 2.20 bits per heavy atom. The molecule has 4 aromatic rings. The zero-order valence-electron chi connectivity index (χ0n) is 46.7. The van der Waals surface area contributed by atoms with Crippen molar-refractivity contribution in [1.29, 1.82) is 0 Å². The first kappa shape index (κ1) is 55.7. The van der Waals surface area contributed by atoms with Gasteiger partial charge in [-0.1, -0.05) is 141 Å². The van der Waals surface area contributed by atoms with E-state index in [1.54, 1.807) is 10.5 Å². The Bertz CT molecular complexity index is 2890. The van der Waals surface area contributed by atoms with Crippen LogP contribution in [-0.2, 0) is 36.8 Å². The van der Waals surface area contributed by atoms with E-state index in [1.807, 2.05) is 64.2 Å². The lowest BCUT2D eigenvalue weighted by Gasteiger charge is -2.35. The fraction of sp³-hybridized carbons (Fsp3) is 0.439. The summed E-state index contributed by atoms with van der Waals surface area (Å²) in [6, 6.07) is 26.2. The van der Waals surface area contributed by atoms with Crippen LogP contribution in [0.1, 0.15) is 115 Å². The first-order chi connectivity index (χ1) is 36.4. The average molecular weight is 1030 g/mol. The number of hydrogen-bond donors (Lipinski definition) is 3. The van der Waals surface area contributed by atoms with Crippen LogP contribution in [0.5, 0.6) is 5.75 Å². The summed E-state index contributed by atoms with van der Waals surface area (Å²) in [5, 5.41) is 6.00. The monoisotopic (exact) mass is 1030 g/mol. The maximum Gasteiger partial charge on any atom is 0.246 e. The van der Waals surface area contributed by atoms with Crippen LogP contribution in [0.2, 0.25) is 0 Å². The van der Waals surface area contributed by atoms with Gasteiger partial charge in [-0.25, -0.2) is 0 Å². The predicted molar refractivity (Wildman–Crippen MR) is 306 cm³/mol. The number of allylic oxidation sites excluding steroid dienone is 11. The fourth-order valence-electron chi connectivity index (χ4n) is 11.4. The fourth-order valence-corrected chi connectivity index (χ4v) is 11.4. The van der Waals surface area contributed by atoms with Gasteiger partial charge in [-0.15, -0.1) is 0 Å². The number of nitrogens with zero attached hydrogens (tertiary/aromatic N) is 1. The highest BCUT2D eigenvalue weighted by Crippen LogP contribution is 2.53. The molecule has 3 aliphatic carbocycles. The minimum atomic E-state index is -0.819. The lowest BCUT2D eigenvalue weighted by atomic mass is 9.79. The molecule has 4 unspecified atom stereocenters. The molecule has 0 spiro atoms. The van der Waals surface area contributed by atoms with Crippen LogP contribution in [0.4, 0.5) is 0 Å². The lowest BCUT2D eigenvalue weighted by Crippen LogP contribution is -2.58. The number of aryl methyl sites for hydroxylation is 2. The van der Waals surface area contributed by atoms with Gasteiger partial charge in [-0.05, 0) is 153 Å². The molecular formula is C66H82N4O6. The number of aromatic nitrogens is 1. The van der Waals surface area contributed by atoms with Crippen molar-refractivity contribution < 1.29 is 28.6 Å². The summed E-state index contributed by atoms with van der Waals surface area (Å²) in [4.78, 5) is 45.8. The molecule has 0 bridgehead atoms. The van der Waals surface area contributed by atoms with Crippen molar-refractivity contribution in [3.8, 4) is 17.0 Å². The average Bonchev–Trinajstić information content (AvgIpc) is 4.18. The highest BCUT2D eigenvalue weighted by Gasteiger charge is 2.44. The van der Waals surface area contributed by atoms with Gasteiger partial charge in [0.2, 0.25) is 17.7 Å². The molecule has 1 fully saturated rings. The zero-order valence-corrected chi connectivity index (χ0v) is 46.7. The maximum atomic E-state index is 14.1. The second-order valence-electron chi connectivity index (χ2n) is 23.1. The number of fused-ring (bicyclic) bond motifs is 2. The van der Waals surface area contributed by atoms with Gasteiger partial charge in [-0.2, -0.15) is 0 Å². The SMILES string of the molecule is C=C(Cc1ccc(OCCCOCCCCOCC(=O)NC(C(=O)N2CC(C)C[C@H]2C(=O)NCc2ccc(-c3[nH]ccc3C)cc2)C(C)(C)C)cc1)CC1C=C(c2ccc(C)cc2)C2=C(CC(C)=C2C)C2C(C)=CC=C12. The molecule has 3 N–H and O–H groups in total. The standard InChI is InChI=1S/C66H82N4O6/c1-42-14-21-51(22-15-42)56-38-53(55-27-16-45(4)60(55)57-37-47(6)48(7)61(56)57)35-43(2)34-49-19-25-54(26-20-49)76-33-13-32-74-30-11-12-31-75-41-59(71)69-63(66(8,9)10)65(73)70-40-44(3)36-58(70)64(72)68-39-50-17-23-52(24-18-50)62-46(5)28-29-67-62/h14-29,38,44,53,58,60,63,67H,2,11-13,30-37,39-41H2,1,3-10H3,(H,68,72)(H,69,71)/t44?,53?,58-,60?,63?/m0/s1. The third kappa shape index (κ3) is 13.7. The van der Waals surface area contributed by atoms with Crippen molar-refractivity contribution in [1.82, 2.24) is 20.5 Å². The zero-order chi connectivity index (χ0) is 54.1. The number of amides is 3. The van der Waals surface area contributed by atoms with Gasteiger partial charge in [0.25, 0.3) is 0 Å². The minimum Gasteiger partial charge on any atom is -0.494 e. The summed E-state index contributed by atoms with van der Waals surface area (Å²) >= 11 is 0. The number of aromatic amines is 1. The molecule has 0 saturated carbocycles. The van der Waals surface area contributed by atoms with Crippen molar-refractivity contribution >= 4 is 23.3 Å². The molecule has 10 heteroatoms. The van der Waals surface area contributed by atoms with Gasteiger partial charge >= 0.3 is 0 Å². The van der Waals surface area contributed by atoms with E-state index in [1.165, 1.54) is 61.3 Å². The largest absolute Gasteiger partial charge is 0.494 e. The summed E-state index contributed by atoms with van der Waals surface area (Å²) in [6.45, 7) is 26.4. The molecule has 8 rings (SSSR count). The number of benzene rings is 3. The summed E-state index contributed by atoms with van der Waals surface area (Å²) in [5.41, 5.74) is 19.0. The Balaban J connectivity index is 0.705. The number of carbonyl (C=O) groups excluding carboxylic acids is 3. The topological polar surface area (TPSA) is 122 Å². The highest BCUT2D eigenvalue weighted by atomic mass is 16.5. The summed E-state index contributed by atoms with van der Waals surface area (Å²) in [5.74, 6) is 0.817. The van der Waals surface area contributed by atoms with E-state index in [4.69, 9.17) is 14.2 Å². The van der Waals surface area contributed by atoms with Gasteiger partial charge < -0.3 is 34.7 Å². The molecule has 3 aromatic carbocycles. The molecule has 10 nitrogen and oxygen atoms in total. The van der Waals surface area contributed by atoms with Gasteiger partial charge in [-0.3, -0.25) is 14.4 Å². The molecule has 76 heavy (non-hydrogen) atoms. The van der Waals surface area contributed by atoms with Crippen LogP contribution in [0.3, 0.4) is 0 Å². The number of H-pyrrole nitrogens is 1. The molecule has 402 valence electrons. The van der Waals surface area contributed by atoms with Crippen LogP contribution in [0.25, 0.3) is 16.8 Å². The van der Waals surface area contributed by atoms with Crippen LogP contribution in [0.15, 0.2) is 149 Å². The molecule has 5 atom stereocenters. The molecule has 0 radical (unpaired) electrons. The number of ether oxygens (including phenoxy) is 3.